The Hall–Kier alpha value is -1.24. The fourth-order valence-corrected chi connectivity index (χ4v) is 0.629. The van der Waals surface area contributed by atoms with Crippen molar-refractivity contribution >= 4 is 0 Å². The molecule has 66 valence electrons. The van der Waals surface area contributed by atoms with Gasteiger partial charge in [0, 0.05) is 0 Å². The first kappa shape index (κ1) is 10.8. The molecule has 0 aromatic carbocycles. The molecular weight excluding hydrogens is 148 g/mol. The van der Waals surface area contributed by atoms with E-state index in [9.17, 15) is 0 Å². The third-order valence-electron chi connectivity index (χ3n) is 1.33. The van der Waals surface area contributed by atoms with Crippen molar-refractivity contribution in [3.05, 3.63) is 49.3 Å². The Kier molecular flexibility index (Phi) is 5.80. The number of hydrogen-bond acceptors (Lipinski definition) is 1. The molecule has 0 spiro atoms. The van der Waals surface area contributed by atoms with E-state index in [0.29, 0.717) is 0 Å². The minimum Gasteiger partial charge on any atom is -0.487 e. The molecule has 0 rings (SSSR count). The Bertz CT molecular complexity index is 199. The summed E-state index contributed by atoms with van der Waals surface area (Å²) in [6.07, 6.45) is 9.13. The van der Waals surface area contributed by atoms with Crippen molar-refractivity contribution in [1.82, 2.24) is 0 Å². The first-order chi connectivity index (χ1) is 5.74. The highest BCUT2D eigenvalue weighted by molar-refractivity contribution is 5.15. The predicted octanol–water partition coefficient (Wildman–Crippen LogP) is 3.22. The van der Waals surface area contributed by atoms with Crippen LogP contribution in [0.3, 0.4) is 0 Å². The fraction of sp³-hybridized carbons (Fsp3) is 0.273. The molecule has 0 radical (unpaired) electrons. The van der Waals surface area contributed by atoms with Crippen molar-refractivity contribution in [3.8, 4) is 0 Å². The van der Waals surface area contributed by atoms with Gasteiger partial charge in [-0.15, -0.1) is 0 Å². The van der Waals surface area contributed by atoms with Gasteiger partial charge in [0.1, 0.15) is 11.9 Å². The SMILES string of the molecule is C=C/C=C\C(=C/C)OC(C)C=C. The molecular formula is C11H16O. The van der Waals surface area contributed by atoms with Gasteiger partial charge in [-0.3, -0.25) is 0 Å². The van der Waals surface area contributed by atoms with Gasteiger partial charge < -0.3 is 4.74 Å². The van der Waals surface area contributed by atoms with Crippen LogP contribution in [0.2, 0.25) is 0 Å². The smallest absolute Gasteiger partial charge is 0.115 e. The molecule has 0 aliphatic carbocycles. The Morgan fingerprint density at radius 2 is 2.08 bits per heavy atom. The van der Waals surface area contributed by atoms with Crippen LogP contribution in [0.1, 0.15) is 13.8 Å². The highest BCUT2D eigenvalue weighted by Crippen LogP contribution is 2.04. The molecule has 0 aliphatic rings. The molecule has 0 fully saturated rings. The Labute approximate surface area is 74.7 Å². The minimum atomic E-state index is 0.0469. The predicted molar refractivity (Wildman–Crippen MR) is 53.8 cm³/mol. The summed E-state index contributed by atoms with van der Waals surface area (Å²) >= 11 is 0. The van der Waals surface area contributed by atoms with Crippen LogP contribution >= 0.6 is 0 Å². The average molecular weight is 164 g/mol. The maximum atomic E-state index is 5.46. The molecule has 1 heteroatoms. The van der Waals surface area contributed by atoms with Crippen molar-refractivity contribution in [2.24, 2.45) is 0 Å². The first-order valence-electron chi connectivity index (χ1n) is 3.99. The van der Waals surface area contributed by atoms with E-state index in [1.165, 1.54) is 0 Å². The van der Waals surface area contributed by atoms with E-state index < -0.39 is 0 Å². The summed E-state index contributed by atoms with van der Waals surface area (Å²) in [5.74, 6) is 0.835. The summed E-state index contributed by atoms with van der Waals surface area (Å²) < 4.78 is 5.46. The molecule has 1 nitrogen and oxygen atoms in total. The lowest BCUT2D eigenvalue weighted by molar-refractivity contribution is 0.181. The molecule has 0 saturated heterocycles. The van der Waals surface area contributed by atoms with Crippen molar-refractivity contribution < 1.29 is 4.74 Å². The third-order valence-corrected chi connectivity index (χ3v) is 1.33. The molecule has 0 saturated carbocycles. The zero-order chi connectivity index (χ0) is 9.40. The highest BCUT2D eigenvalue weighted by Gasteiger charge is 1.96. The van der Waals surface area contributed by atoms with Gasteiger partial charge in [-0.25, -0.2) is 0 Å². The number of allylic oxidation sites excluding steroid dienone is 4. The Morgan fingerprint density at radius 3 is 2.50 bits per heavy atom. The second-order valence-electron chi connectivity index (χ2n) is 2.34. The molecule has 0 aromatic heterocycles. The lowest BCUT2D eigenvalue weighted by atomic mass is 10.3. The third kappa shape index (κ3) is 4.56. The molecule has 0 bridgehead atoms. The van der Waals surface area contributed by atoms with E-state index in [1.807, 2.05) is 32.1 Å². The molecule has 0 amide bonds. The van der Waals surface area contributed by atoms with E-state index in [1.54, 1.807) is 12.2 Å². The van der Waals surface area contributed by atoms with Crippen LogP contribution in [0.5, 0.6) is 0 Å². The Balaban J connectivity index is 4.09. The zero-order valence-electron chi connectivity index (χ0n) is 7.79. The van der Waals surface area contributed by atoms with E-state index in [2.05, 4.69) is 13.2 Å². The van der Waals surface area contributed by atoms with Crippen LogP contribution in [0, 0.1) is 0 Å². The fourth-order valence-electron chi connectivity index (χ4n) is 0.629. The van der Waals surface area contributed by atoms with Crippen molar-refractivity contribution in [2.45, 2.75) is 20.0 Å². The topological polar surface area (TPSA) is 9.23 Å². The number of hydrogen-bond donors (Lipinski definition) is 0. The van der Waals surface area contributed by atoms with E-state index in [0.717, 1.165) is 5.76 Å². The second-order valence-corrected chi connectivity index (χ2v) is 2.34. The van der Waals surface area contributed by atoms with Gasteiger partial charge in [-0.05, 0) is 26.0 Å². The Morgan fingerprint density at radius 1 is 1.42 bits per heavy atom. The molecule has 1 unspecified atom stereocenters. The summed E-state index contributed by atoms with van der Waals surface area (Å²) in [7, 11) is 0. The summed E-state index contributed by atoms with van der Waals surface area (Å²) in [4.78, 5) is 0. The molecule has 1 atom stereocenters. The number of rotatable bonds is 5. The minimum absolute atomic E-state index is 0.0469. The van der Waals surface area contributed by atoms with E-state index in [-0.39, 0.29) is 6.10 Å². The van der Waals surface area contributed by atoms with Crippen LogP contribution in [-0.2, 0) is 4.74 Å². The van der Waals surface area contributed by atoms with Gasteiger partial charge >= 0.3 is 0 Å². The number of ether oxygens (including phenoxy) is 1. The molecule has 0 N–H and O–H groups in total. The van der Waals surface area contributed by atoms with Crippen LogP contribution < -0.4 is 0 Å². The molecule has 0 heterocycles. The summed E-state index contributed by atoms with van der Waals surface area (Å²) in [6, 6.07) is 0. The highest BCUT2D eigenvalue weighted by atomic mass is 16.5. The summed E-state index contributed by atoms with van der Waals surface area (Å²) in [5.41, 5.74) is 0. The average Bonchev–Trinajstić information content (AvgIpc) is 2.11. The van der Waals surface area contributed by atoms with Gasteiger partial charge in [0.05, 0.1) is 0 Å². The molecule has 0 aromatic rings. The zero-order valence-corrected chi connectivity index (χ0v) is 7.79. The van der Waals surface area contributed by atoms with Crippen LogP contribution in [-0.4, -0.2) is 6.10 Å². The van der Waals surface area contributed by atoms with Gasteiger partial charge in [0.25, 0.3) is 0 Å². The van der Waals surface area contributed by atoms with Crippen molar-refractivity contribution in [1.29, 1.82) is 0 Å². The lowest BCUT2D eigenvalue weighted by Crippen LogP contribution is -2.01. The quantitative estimate of drug-likeness (QED) is 0.344. The van der Waals surface area contributed by atoms with Gasteiger partial charge in [-0.1, -0.05) is 31.4 Å². The van der Waals surface area contributed by atoms with Crippen LogP contribution in [0.25, 0.3) is 0 Å². The normalized spacial score (nSPS) is 14.3. The van der Waals surface area contributed by atoms with Gasteiger partial charge in [-0.2, -0.15) is 0 Å². The van der Waals surface area contributed by atoms with E-state index >= 15 is 0 Å². The van der Waals surface area contributed by atoms with Crippen LogP contribution in [0.4, 0.5) is 0 Å². The van der Waals surface area contributed by atoms with Crippen LogP contribution in [0.15, 0.2) is 49.3 Å². The van der Waals surface area contributed by atoms with Gasteiger partial charge in [0.15, 0.2) is 0 Å². The maximum Gasteiger partial charge on any atom is 0.115 e. The summed E-state index contributed by atoms with van der Waals surface area (Å²) in [5, 5.41) is 0. The largest absolute Gasteiger partial charge is 0.487 e. The molecule has 12 heavy (non-hydrogen) atoms. The summed E-state index contributed by atoms with van der Waals surface area (Å²) in [6.45, 7) is 11.1. The standard InChI is InChI=1S/C11H16O/c1-5-8-9-11(7-3)12-10(4)6-2/h5-10H,1-2H2,3-4H3/b9-8-,11-7+. The lowest BCUT2D eigenvalue weighted by Gasteiger charge is -2.10. The first-order valence-corrected chi connectivity index (χ1v) is 3.99. The van der Waals surface area contributed by atoms with Crippen molar-refractivity contribution in [3.63, 3.8) is 0 Å². The monoisotopic (exact) mass is 164 g/mol. The molecule has 0 aliphatic heterocycles. The second kappa shape index (κ2) is 6.47. The van der Waals surface area contributed by atoms with Gasteiger partial charge in [0.2, 0.25) is 0 Å². The van der Waals surface area contributed by atoms with E-state index in [4.69, 9.17) is 4.74 Å². The van der Waals surface area contributed by atoms with Crippen molar-refractivity contribution in [2.75, 3.05) is 0 Å². The maximum absolute atomic E-state index is 5.46.